The van der Waals surface area contributed by atoms with Crippen LogP contribution in [-0.4, -0.2) is 31.1 Å². The number of benzene rings is 1. The molecule has 0 bridgehead atoms. The summed E-state index contributed by atoms with van der Waals surface area (Å²) in [6.07, 6.45) is 3.07. The van der Waals surface area contributed by atoms with E-state index < -0.39 is 11.6 Å². The van der Waals surface area contributed by atoms with Crippen molar-refractivity contribution in [3.8, 4) is 0 Å². The molecule has 1 N–H and O–H groups in total. The van der Waals surface area contributed by atoms with Crippen molar-refractivity contribution in [2.75, 3.05) is 20.1 Å². The van der Waals surface area contributed by atoms with E-state index in [-0.39, 0.29) is 6.04 Å². The predicted octanol–water partition coefficient (Wildman–Crippen LogP) is 4.13. The summed E-state index contributed by atoms with van der Waals surface area (Å²) >= 11 is 0. The van der Waals surface area contributed by atoms with Crippen LogP contribution < -0.4 is 5.32 Å². The van der Waals surface area contributed by atoms with Crippen LogP contribution in [0.15, 0.2) is 18.2 Å². The Hall–Kier alpha value is -1.00. The Morgan fingerprint density at radius 2 is 1.90 bits per heavy atom. The van der Waals surface area contributed by atoms with E-state index in [1.807, 2.05) is 6.92 Å². The number of rotatable bonds is 9. The maximum atomic E-state index is 14.0. The summed E-state index contributed by atoms with van der Waals surface area (Å²) in [5, 5.41) is 3.26. The van der Waals surface area contributed by atoms with Crippen molar-refractivity contribution >= 4 is 0 Å². The first-order chi connectivity index (χ1) is 10.0. The monoisotopic (exact) mass is 298 g/mol. The fraction of sp³-hybridized carbons (Fsp3) is 0.647. The van der Waals surface area contributed by atoms with Gasteiger partial charge in [0.2, 0.25) is 0 Å². The van der Waals surface area contributed by atoms with Gasteiger partial charge in [-0.05, 0) is 46.0 Å². The Morgan fingerprint density at radius 1 is 1.19 bits per heavy atom. The van der Waals surface area contributed by atoms with Crippen LogP contribution in [-0.2, 0) is 0 Å². The summed E-state index contributed by atoms with van der Waals surface area (Å²) in [5.41, 5.74) is 0.424. The summed E-state index contributed by atoms with van der Waals surface area (Å²) < 4.78 is 27.3. The second-order valence-electron chi connectivity index (χ2n) is 5.66. The fourth-order valence-corrected chi connectivity index (χ4v) is 2.59. The second kappa shape index (κ2) is 9.11. The summed E-state index contributed by atoms with van der Waals surface area (Å²) in [6, 6.07) is 4.76. The molecule has 0 aliphatic carbocycles. The van der Waals surface area contributed by atoms with Gasteiger partial charge in [-0.15, -0.1) is 0 Å². The maximum Gasteiger partial charge on any atom is 0.163 e. The Balaban J connectivity index is 2.72. The van der Waals surface area contributed by atoms with Gasteiger partial charge >= 0.3 is 0 Å². The van der Waals surface area contributed by atoms with Gasteiger partial charge in [0.1, 0.15) is 0 Å². The van der Waals surface area contributed by atoms with Gasteiger partial charge in [-0.2, -0.15) is 0 Å². The number of halogens is 2. The van der Waals surface area contributed by atoms with Crippen molar-refractivity contribution in [2.45, 2.75) is 52.1 Å². The summed E-state index contributed by atoms with van der Waals surface area (Å²) in [5.74, 6) is -1.50. The van der Waals surface area contributed by atoms with Crippen LogP contribution >= 0.6 is 0 Å². The zero-order chi connectivity index (χ0) is 15.8. The van der Waals surface area contributed by atoms with E-state index in [0.29, 0.717) is 11.6 Å². The standard InChI is InChI=1S/C17H28F2N2/c1-5-8-13(3)21(4)12-11-16(20-6-2)14-9-7-10-15(18)17(14)19/h7,9-10,13,16,20H,5-6,8,11-12H2,1-4H3. The third kappa shape index (κ3) is 5.36. The van der Waals surface area contributed by atoms with Gasteiger partial charge in [-0.1, -0.05) is 32.4 Å². The largest absolute Gasteiger partial charge is 0.310 e. The number of hydrogen-bond acceptors (Lipinski definition) is 2. The lowest BCUT2D eigenvalue weighted by atomic mass is 10.0. The quantitative estimate of drug-likeness (QED) is 0.737. The van der Waals surface area contributed by atoms with Crippen molar-refractivity contribution in [1.29, 1.82) is 0 Å². The van der Waals surface area contributed by atoms with Crippen molar-refractivity contribution in [3.63, 3.8) is 0 Å². The minimum Gasteiger partial charge on any atom is -0.310 e. The molecule has 21 heavy (non-hydrogen) atoms. The third-order valence-electron chi connectivity index (χ3n) is 4.04. The van der Waals surface area contributed by atoms with Crippen molar-refractivity contribution in [3.05, 3.63) is 35.4 Å². The van der Waals surface area contributed by atoms with E-state index in [2.05, 4.69) is 31.1 Å². The topological polar surface area (TPSA) is 15.3 Å². The molecule has 4 heteroatoms. The molecule has 2 nitrogen and oxygen atoms in total. The minimum absolute atomic E-state index is 0.151. The Bertz CT molecular complexity index is 423. The molecule has 0 saturated heterocycles. The van der Waals surface area contributed by atoms with Crippen LogP contribution in [0.3, 0.4) is 0 Å². The van der Waals surface area contributed by atoms with Crippen molar-refractivity contribution in [2.24, 2.45) is 0 Å². The number of nitrogens with zero attached hydrogens (tertiary/aromatic N) is 1. The van der Waals surface area contributed by atoms with Crippen LogP contribution in [0.4, 0.5) is 8.78 Å². The first kappa shape index (κ1) is 18.1. The second-order valence-corrected chi connectivity index (χ2v) is 5.66. The van der Waals surface area contributed by atoms with E-state index in [9.17, 15) is 8.78 Å². The average molecular weight is 298 g/mol. The molecule has 0 spiro atoms. The average Bonchev–Trinajstić information content (AvgIpc) is 2.46. The molecule has 120 valence electrons. The number of nitrogens with one attached hydrogen (secondary N) is 1. The Kier molecular flexibility index (Phi) is 7.83. The van der Waals surface area contributed by atoms with Gasteiger partial charge in [0.05, 0.1) is 0 Å². The highest BCUT2D eigenvalue weighted by Crippen LogP contribution is 2.22. The summed E-state index contributed by atoms with van der Waals surface area (Å²) in [4.78, 5) is 2.28. The molecule has 0 aliphatic heterocycles. The van der Waals surface area contributed by atoms with Gasteiger partial charge in [-0.25, -0.2) is 8.78 Å². The molecule has 0 saturated carbocycles. The van der Waals surface area contributed by atoms with E-state index in [1.54, 1.807) is 12.1 Å². The molecular formula is C17H28F2N2. The van der Waals surface area contributed by atoms with Crippen LogP contribution in [0.5, 0.6) is 0 Å². The van der Waals surface area contributed by atoms with E-state index in [4.69, 9.17) is 0 Å². The molecule has 0 fully saturated rings. The van der Waals surface area contributed by atoms with Crippen LogP contribution in [0, 0.1) is 11.6 Å². The first-order valence-corrected chi connectivity index (χ1v) is 7.88. The molecule has 0 radical (unpaired) electrons. The normalized spacial score (nSPS) is 14.4. The molecule has 1 aromatic carbocycles. The van der Waals surface area contributed by atoms with Crippen LogP contribution in [0.25, 0.3) is 0 Å². The Morgan fingerprint density at radius 3 is 2.52 bits per heavy atom. The molecule has 2 atom stereocenters. The smallest absolute Gasteiger partial charge is 0.163 e. The molecule has 0 heterocycles. The lowest BCUT2D eigenvalue weighted by Gasteiger charge is -2.27. The highest BCUT2D eigenvalue weighted by atomic mass is 19.2. The highest BCUT2D eigenvalue weighted by molar-refractivity contribution is 5.22. The van der Waals surface area contributed by atoms with E-state index >= 15 is 0 Å². The van der Waals surface area contributed by atoms with Crippen molar-refractivity contribution in [1.82, 2.24) is 10.2 Å². The van der Waals surface area contributed by atoms with Gasteiger partial charge < -0.3 is 10.2 Å². The molecular weight excluding hydrogens is 270 g/mol. The lowest BCUT2D eigenvalue weighted by molar-refractivity contribution is 0.230. The predicted molar refractivity (Wildman–Crippen MR) is 84.4 cm³/mol. The van der Waals surface area contributed by atoms with Gasteiger partial charge in [0.25, 0.3) is 0 Å². The zero-order valence-electron chi connectivity index (χ0n) is 13.6. The maximum absolute atomic E-state index is 14.0. The van der Waals surface area contributed by atoms with Crippen molar-refractivity contribution < 1.29 is 8.78 Å². The number of hydrogen-bond donors (Lipinski definition) is 1. The van der Waals surface area contributed by atoms with Gasteiger partial charge in [-0.3, -0.25) is 0 Å². The molecule has 1 rings (SSSR count). The Labute approximate surface area is 127 Å². The SMILES string of the molecule is CCCC(C)N(C)CCC(NCC)c1cccc(F)c1F. The van der Waals surface area contributed by atoms with Crippen LogP contribution in [0.1, 0.15) is 51.6 Å². The summed E-state index contributed by atoms with van der Waals surface area (Å²) in [6.45, 7) is 7.94. The molecule has 1 aromatic rings. The molecule has 0 aromatic heterocycles. The molecule has 0 amide bonds. The van der Waals surface area contributed by atoms with E-state index in [1.165, 1.54) is 0 Å². The molecule has 2 unspecified atom stereocenters. The zero-order valence-corrected chi connectivity index (χ0v) is 13.6. The van der Waals surface area contributed by atoms with Gasteiger partial charge in [0.15, 0.2) is 11.6 Å². The molecule has 0 aliphatic rings. The lowest BCUT2D eigenvalue weighted by Crippen LogP contribution is -2.33. The van der Waals surface area contributed by atoms with E-state index in [0.717, 1.165) is 38.4 Å². The third-order valence-corrected chi connectivity index (χ3v) is 4.04. The first-order valence-electron chi connectivity index (χ1n) is 7.88. The van der Waals surface area contributed by atoms with Gasteiger partial charge in [0, 0.05) is 17.6 Å². The van der Waals surface area contributed by atoms with Crippen LogP contribution in [0.2, 0.25) is 0 Å². The highest BCUT2D eigenvalue weighted by Gasteiger charge is 2.18. The summed E-state index contributed by atoms with van der Waals surface area (Å²) in [7, 11) is 2.09. The fourth-order valence-electron chi connectivity index (χ4n) is 2.59. The minimum atomic E-state index is -0.775.